The molecule has 178 valence electrons. The molecule has 0 aliphatic rings. The standard InChI is InChI=1S/C25H33N3O4S/c1-6-27(7-2)14-15-28(25-26-20-12-11-19(30-5)17-23(20)33-25)24(29)18-10-13-21(31-8-3)22(16-18)32-9-4/h10-13,16-17H,6-9,14-15H2,1-5H3. The molecule has 2 aromatic carbocycles. The van der Waals surface area contributed by atoms with Gasteiger partial charge in [-0.25, -0.2) is 4.98 Å². The van der Waals surface area contributed by atoms with Crippen LogP contribution in [0.3, 0.4) is 0 Å². The number of methoxy groups -OCH3 is 1. The predicted molar refractivity (Wildman–Crippen MR) is 134 cm³/mol. The molecule has 0 atom stereocenters. The lowest BCUT2D eigenvalue weighted by Crippen LogP contribution is -2.38. The Hall–Kier alpha value is -2.84. The summed E-state index contributed by atoms with van der Waals surface area (Å²) >= 11 is 1.49. The summed E-state index contributed by atoms with van der Waals surface area (Å²) in [5.41, 5.74) is 1.39. The van der Waals surface area contributed by atoms with Crippen molar-refractivity contribution in [3.05, 3.63) is 42.0 Å². The zero-order valence-electron chi connectivity index (χ0n) is 20.1. The fourth-order valence-electron chi connectivity index (χ4n) is 3.54. The van der Waals surface area contributed by atoms with Crippen LogP contribution in [0, 0.1) is 0 Å². The Bertz CT molecular complexity index is 1060. The maximum atomic E-state index is 13.7. The van der Waals surface area contributed by atoms with Crippen molar-refractivity contribution in [3.8, 4) is 17.2 Å². The second-order valence-electron chi connectivity index (χ2n) is 7.34. The number of hydrogen-bond donors (Lipinski definition) is 0. The number of carbonyl (C=O) groups excluding carboxylic acids is 1. The van der Waals surface area contributed by atoms with Gasteiger partial charge in [-0.15, -0.1) is 0 Å². The van der Waals surface area contributed by atoms with E-state index in [1.165, 1.54) is 11.3 Å². The maximum Gasteiger partial charge on any atom is 0.260 e. The summed E-state index contributed by atoms with van der Waals surface area (Å²) in [7, 11) is 1.64. The predicted octanol–water partition coefficient (Wildman–Crippen LogP) is 5.09. The molecule has 0 fully saturated rings. The molecule has 7 nitrogen and oxygen atoms in total. The van der Waals surface area contributed by atoms with E-state index in [4.69, 9.17) is 19.2 Å². The van der Waals surface area contributed by atoms with Crippen LogP contribution < -0.4 is 19.1 Å². The van der Waals surface area contributed by atoms with Crippen LogP contribution in [0.25, 0.3) is 10.2 Å². The number of likely N-dealkylation sites (N-methyl/N-ethyl adjacent to an activating group) is 1. The van der Waals surface area contributed by atoms with Crippen LogP contribution in [0.2, 0.25) is 0 Å². The SMILES string of the molecule is CCOc1ccc(C(=O)N(CCN(CC)CC)c2nc3ccc(OC)cc3s2)cc1OCC. The molecular formula is C25H33N3O4S. The van der Waals surface area contributed by atoms with E-state index in [1.807, 2.05) is 32.0 Å². The fraction of sp³-hybridized carbons (Fsp3) is 0.440. The highest BCUT2D eigenvalue weighted by Gasteiger charge is 2.23. The molecule has 1 heterocycles. The average molecular weight is 472 g/mol. The number of amides is 1. The van der Waals surface area contributed by atoms with Gasteiger partial charge < -0.3 is 19.1 Å². The van der Waals surface area contributed by atoms with Gasteiger partial charge in [0.05, 0.1) is 30.5 Å². The molecule has 0 aliphatic carbocycles. The van der Waals surface area contributed by atoms with Crippen molar-refractivity contribution in [1.82, 2.24) is 9.88 Å². The van der Waals surface area contributed by atoms with Crippen LogP contribution >= 0.6 is 11.3 Å². The lowest BCUT2D eigenvalue weighted by molar-refractivity contribution is 0.0983. The molecule has 0 saturated heterocycles. The third kappa shape index (κ3) is 5.94. The first-order chi connectivity index (χ1) is 16.0. The largest absolute Gasteiger partial charge is 0.497 e. The number of aromatic nitrogens is 1. The second kappa shape index (κ2) is 11.9. The molecule has 0 unspecified atom stereocenters. The third-order valence-corrected chi connectivity index (χ3v) is 6.43. The Balaban J connectivity index is 1.98. The van der Waals surface area contributed by atoms with E-state index < -0.39 is 0 Å². The van der Waals surface area contributed by atoms with Crippen molar-refractivity contribution in [1.29, 1.82) is 0 Å². The molecule has 0 aliphatic heterocycles. The number of carbonyl (C=O) groups is 1. The summed E-state index contributed by atoms with van der Waals surface area (Å²) in [6.07, 6.45) is 0. The highest BCUT2D eigenvalue weighted by Crippen LogP contribution is 2.34. The smallest absolute Gasteiger partial charge is 0.260 e. The highest BCUT2D eigenvalue weighted by atomic mass is 32.1. The van der Waals surface area contributed by atoms with Crippen LogP contribution in [-0.4, -0.2) is 62.3 Å². The summed E-state index contributed by atoms with van der Waals surface area (Å²) < 4.78 is 17.7. The maximum absolute atomic E-state index is 13.7. The van der Waals surface area contributed by atoms with Crippen molar-refractivity contribution in [2.75, 3.05) is 51.4 Å². The van der Waals surface area contributed by atoms with E-state index >= 15 is 0 Å². The van der Waals surface area contributed by atoms with Gasteiger partial charge >= 0.3 is 0 Å². The van der Waals surface area contributed by atoms with E-state index in [0.717, 1.165) is 35.6 Å². The Labute approximate surface area is 199 Å². The molecule has 1 aromatic heterocycles. The topological polar surface area (TPSA) is 64.1 Å². The van der Waals surface area contributed by atoms with Gasteiger partial charge in [0, 0.05) is 18.7 Å². The molecule has 0 N–H and O–H groups in total. The molecule has 8 heteroatoms. The zero-order chi connectivity index (χ0) is 23.8. The minimum absolute atomic E-state index is 0.114. The molecule has 0 bridgehead atoms. The monoisotopic (exact) mass is 471 g/mol. The van der Waals surface area contributed by atoms with Crippen LogP contribution in [0.15, 0.2) is 36.4 Å². The van der Waals surface area contributed by atoms with Gasteiger partial charge in [0.2, 0.25) is 0 Å². The first-order valence-electron chi connectivity index (χ1n) is 11.4. The van der Waals surface area contributed by atoms with Crippen LogP contribution in [0.5, 0.6) is 17.2 Å². The van der Waals surface area contributed by atoms with Crippen molar-refractivity contribution in [2.45, 2.75) is 27.7 Å². The zero-order valence-corrected chi connectivity index (χ0v) is 20.9. The average Bonchev–Trinajstić information content (AvgIpc) is 3.25. The number of ether oxygens (including phenoxy) is 3. The first kappa shape index (κ1) is 24.8. The molecule has 3 aromatic rings. The van der Waals surface area contributed by atoms with E-state index in [0.29, 0.717) is 42.0 Å². The van der Waals surface area contributed by atoms with E-state index in [1.54, 1.807) is 30.2 Å². The van der Waals surface area contributed by atoms with Crippen molar-refractivity contribution >= 4 is 32.6 Å². The van der Waals surface area contributed by atoms with Crippen molar-refractivity contribution < 1.29 is 19.0 Å². The van der Waals surface area contributed by atoms with Gasteiger partial charge in [0.25, 0.3) is 5.91 Å². The Kier molecular flexibility index (Phi) is 8.91. The van der Waals surface area contributed by atoms with Gasteiger partial charge in [0.15, 0.2) is 16.6 Å². The quantitative estimate of drug-likeness (QED) is 0.367. The van der Waals surface area contributed by atoms with Crippen LogP contribution in [0.4, 0.5) is 5.13 Å². The van der Waals surface area contributed by atoms with Gasteiger partial charge in [-0.2, -0.15) is 0 Å². The summed E-state index contributed by atoms with van der Waals surface area (Å²) in [5, 5.41) is 0.669. The normalized spacial score (nSPS) is 11.1. The lowest BCUT2D eigenvalue weighted by Gasteiger charge is -2.25. The summed E-state index contributed by atoms with van der Waals surface area (Å²) in [6, 6.07) is 11.1. The number of rotatable bonds is 12. The molecule has 33 heavy (non-hydrogen) atoms. The van der Waals surface area contributed by atoms with E-state index in [2.05, 4.69) is 18.7 Å². The molecule has 3 rings (SSSR count). The number of thiazole rings is 1. The Morgan fingerprint density at radius 3 is 2.33 bits per heavy atom. The summed E-state index contributed by atoms with van der Waals surface area (Å²) in [6.45, 7) is 12.2. The highest BCUT2D eigenvalue weighted by molar-refractivity contribution is 7.22. The van der Waals surface area contributed by atoms with Crippen molar-refractivity contribution in [2.24, 2.45) is 0 Å². The third-order valence-electron chi connectivity index (χ3n) is 5.38. The minimum atomic E-state index is -0.114. The van der Waals surface area contributed by atoms with E-state index in [9.17, 15) is 4.79 Å². The minimum Gasteiger partial charge on any atom is -0.497 e. The molecule has 0 spiro atoms. The Morgan fingerprint density at radius 2 is 1.67 bits per heavy atom. The number of fused-ring (bicyclic) bond motifs is 1. The molecule has 0 radical (unpaired) electrons. The molecule has 0 saturated carbocycles. The Morgan fingerprint density at radius 1 is 0.939 bits per heavy atom. The summed E-state index contributed by atoms with van der Waals surface area (Å²) in [4.78, 5) is 22.5. The fourth-order valence-corrected chi connectivity index (χ4v) is 4.56. The van der Waals surface area contributed by atoms with Gasteiger partial charge in [0.1, 0.15) is 5.75 Å². The van der Waals surface area contributed by atoms with Gasteiger partial charge in [-0.05, 0) is 63.3 Å². The van der Waals surface area contributed by atoms with Crippen LogP contribution in [0.1, 0.15) is 38.1 Å². The second-order valence-corrected chi connectivity index (χ2v) is 8.35. The lowest BCUT2D eigenvalue weighted by atomic mass is 10.1. The van der Waals surface area contributed by atoms with Crippen LogP contribution in [-0.2, 0) is 0 Å². The van der Waals surface area contributed by atoms with Gasteiger partial charge in [-0.3, -0.25) is 9.69 Å². The molecule has 1 amide bonds. The molecular weight excluding hydrogens is 438 g/mol. The van der Waals surface area contributed by atoms with Gasteiger partial charge in [-0.1, -0.05) is 25.2 Å². The number of anilines is 1. The van der Waals surface area contributed by atoms with Crippen molar-refractivity contribution in [3.63, 3.8) is 0 Å². The first-order valence-corrected chi connectivity index (χ1v) is 12.2. The number of benzene rings is 2. The summed E-state index contributed by atoms with van der Waals surface area (Å²) in [5.74, 6) is 1.87. The number of hydrogen-bond acceptors (Lipinski definition) is 7. The number of nitrogens with zero attached hydrogens (tertiary/aromatic N) is 3. The van der Waals surface area contributed by atoms with E-state index in [-0.39, 0.29) is 5.91 Å².